The summed E-state index contributed by atoms with van der Waals surface area (Å²) < 4.78 is 3.16. The molecule has 5 heteroatoms. The highest BCUT2D eigenvalue weighted by atomic mass is 127. The zero-order chi connectivity index (χ0) is 13.9. The minimum absolute atomic E-state index is 0.730. The number of nitrogens with zero attached hydrogens (tertiary/aromatic N) is 3. The number of nitrogens with one attached hydrogen (secondary N) is 1. The lowest BCUT2D eigenvalue weighted by atomic mass is 10.2. The van der Waals surface area contributed by atoms with Crippen LogP contribution in [0.4, 0.5) is 5.95 Å². The van der Waals surface area contributed by atoms with Crippen LogP contribution < -0.4 is 5.43 Å². The molecule has 3 aromatic rings. The van der Waals surface area contributed by atoms with Crippen LogP contribution >= 0.6 is 22.6 Å². The average molecular weight is 376 g/mol. The molecule has 3 rings (SSSR count). The van der Waals surface area contributed by atoms with Crippen molar-refractivity contribution in [3.05, 3.63) is 57.7 Å². The third-order valence-electron chi connectivity index (χ3n) is 3.06. The number of para-hydroxylation sites is 2. The minimum Gasteiger partial charge on any atom is -0.312 e. The van der Waals surface area contributed by atoms with Gasteiger partial charge < -0.3 is 4.57 Å². The first-order valence-corrected chi connectivity index (χ1v) is 7.28. The van der Waals surface area contributed by atoms with E-state index < -0.39 is 0 Å². The normalized spacial score (nSPS) is 11.3. The maximum absolute atomic E-state index is 4.50. The number of hydrazone groups is 1. The minimum atomic E-state index is 0.730. The van der Waals surface area contributed by atoms with Gasteiger partial charge in [-0.05, 0) is 40.8 Å². The molecule has 0 aliphatic rings. The first kappa shape index (κ1) is 13.1. The van der Waals surface area contributed by atoms with Gasteiger partial charge in [0.25, 0.3) is 0 Å². The van der Waals surface area contributed by atoms with Crippen molar-refractivity contribution in [2.45, 2.75) is 0 Å². The highest BCUT2D eigenvalue weighted by molar-refractivity contribution is 14.1. The van der Waals surface area contributed by atoms with E-state index in [0.717, 1.165) is 22.5 Å². The Kier molecular flexibility index (Phi) is 3.68. The number of aryl methyl sites for hydroxylation is 1. The quantitative estimate of drug-likeness (QED) is 0.431. The van der Waals surface area contributed by atoms with Crippen LogP contribution in [0, 0.1) is 3.57 Å². The fourth-order valence-electron chi connectivity index (χ4n) is 1.98. The number of halogens is 1. The van der Waals surface area contributed by atoms with Gasteiger partial charge in [-0.3, -0.25) is 0 Å². The Bertz CT molecular complexity index is 776. The second kappa shape index (κ2) is 5.62. The maximum Gasteiger partial charge on any atom is 0.224 e. The molecule has 100 valence electrons. The standard InChI is InChI=1S/C15H13IN4/c1-20-14-9-5-4-8-13(14)18-15(20)19-17-10-11-6-2-3-7-12(11)16/h2-10H,1H3,(H,18,19)/b17-10-. The van der Waals surface area contributed by atoms with E-state index in [-0.39, 0.29) is 0 Å². The predicted molar refractivity (Wildman–Crippen MR) is 91.1 cm³/mol. The third kappa shape index (κ3) is 2.53. The molecular formula is C15H13IN4. The number of aromatic nitrogens is 2. The van der Waals surface area contributed by atoms with Crippen molar-refractivity contribution in [3.63, 3.8) is 0 Å². The Balaban J connectivity index is 1.84. The van der Waals surface area contributed by atoms with Crippen LogP contribution in [0.1, 0.15) is 5.56 Å². The highest BCUT2D eigenvalue weighted by Gasteiger charge is 2.05. The molecule has 0 fully saturated rings. The number of hydrogen-bond donors (Lipinski definition) is 1. The van der Waals surface area contributed by atoms with Gasteiger partial charge >= 0.3 is 0 Å². The lowest BCUT2D eigenvalue weighted by Gasteiger charge is -2.01. The Morgan fingerprint density at radius 3 is 2.70 bits per heavy atom. The van der Waals surface area contributed by atoms with Crippen LogP contribution in [0.2, 0.25) is 0 Å². The van der Waals surface area contributed by atoms with Gasteiger partial charge in [0.2, 0.25) is 5.95 Å². The molecule has 20 heavy (non-hydrogen) atoms. The Morgan fingerprint density at radius 2 is 1.90 bits per heavy atom. The van der Waals surface area contributed by atoms with Crippen LogP contribution in [0.5, 0.6) is 0 Å². The summed E-state index contributed by atoms with van der Waals surface area (Å²) in [5, 5.41) is 4.27. The van der Waals surface area contributed by atoms with E-state index in [4.69, 9.17) is 0 Å². The van der Waals surface area contributed by atoms with Gasteiger partial charge in [0.15, 0.2) is 0 Å². The molecule has 0 bridgehead atoms. The van der Waals surface area contributed by atoms with Crippen LogP contribution in [-0.4, -0.2) is 15.8 Å². The third-order valence-corrected chi connectivity index (χ3v) is 4.04. The first-order chi connectivity index (χ1) is 9.75. The summed E-state index contributed by atoms with van der Waals surface area (Å²) in [7, 11) is 1.97. The topological polar surface area (TPSA) is 42.2 Å². The molecule has 2 aromatic carbocycles. The second-order valence-corrected chi connectivity index (χ2v) is 5.54. The van der Waals surface area contributed by atoms with Gasteiger partial charge in [0.05, 0.1) is 17.2 Å². The van der Waals surface area contributed by atoms with Gasteiger partial charge in [0.1, 0.15) is 0 Å². The van der Waals surface area contributed by atoms with E-state index >= 15 is 0 Å². The van der Waals surface area contributed by atoms with Gasteiger partial charge in [-0.25, -0.2) is 10.4 Å². The summed E-state index contributed by atoms with van der Waals surface area (Å²) in [6.45, 7) is 0. The van der Waals surface area contributed by atoms with Crippen molar-refractivity contribution in [2.75, 3.05) is 5.43 Å². The zero-order valence-electron chi connectivity index (χ0n) is 10.9. The zero-order valence-corrected chi connectivity index (χ0v) is 13.1. The molecule has 1 heterocycles. The molecule has 0 spiro atoms. The lowest BCUT2D eigenvalue weighted by molar-refractivity contribution is 0.943. The molecule has 0 unspecified atom stereocenters. The fraction of sp³-hybridized carbons (Fsp3) is 0.0667. The van der Waals surface area contributed by atoms with Crippen molar-refractivity contribution >= 4 is 45.8 Å². The number of fused-ring (bicyclic) bond motifs is 1. The smallest absolute Gasteiger partial charge is 0.224 e. The van der Waals surface area contributed by atoms with Crippen LogP contribution in [0.25, 0.3) is 11.0 Å². The second-order valence-electron chi connectivity index (χ2n) is 4.37. The highest BCUT2D eigenvalue weighted by Crippen LogP contribution is 2.17. The van der Waals surface area contributed by atoms with Crippen molar-refractivity contribution < 1.29 is 0 Å². The van der Waals surface area contributed by atoms with E-state index in [1.165, 1.54) is 3.57 Å². The molecule has 0 saturated heterocycles. The van der Waals surface area contributed by atoms with Crippen molar-refractivity contribution in [3.8, 4) is 0 Å². The maximum atomic E-state index is 4.50. The Morgan fingerprint density at radius 1 is 1.15 bits per heavy atom. The molecule has 0 saturated carbocycles. The molecule has 0 amide bonds. The number of imidazole rings is 1. The van der Waals surface area contributed by atoms with Crippen molar-refractivity contribution in [2.24, 2.45) is 12.1 Å². The molecule has 0 atom stereocenters. The van der Waals surface area contributed by atoms with E-state index in [9.17, 15) is 0 Å². The average Bonchev–Trinajstić information content (AvgIpc) is 2.78. The first-order valence-electron chi connectivity index (χ1n) is 6.21. The van der Waals surface area contributed by atoms with Crippen molar-refractivity contribution in [1.82, 2.24) is 9.55 Å². The van der Waals surface area contributed by atoms with Gasteiger partial charge in [-0.15, -0.1) is 0 Å². The summed E-state index contributed by atoms with van der Waals surface area (Å²) in [6.07, 6.45) is 1.81. The monoisotopic (exact) mass is 376 g/mol. The van der Waals surface area contributed by atoms with E-state index in [0.29, 0.717) is 0 Å². The predicted octanol–water partition coefficient (Wildman–Crippen LogP) is 3.62. The molecule has 1 aromatic heterocycles. The molecule has 4 nitrogen and oxygen atoms in total. The SMILES string of the molecule is Cn1c(N/N=C\c2ccccc2I)nc2ccccc21. The summed E-state index contributed by atoms with van der Waals surface area (Å²) >= 11 is 2.29. The summed E-state index contributed by atoms with van der Waals surface area (Å²) in [5.74, 6) is 0.730. The number of anilines is 1. The van der Waals surface area contributed by atoms with Gasteiger partial charge in [0, 0.05) is 16.2 Å². The van der Waals surface area contributed by atoms with Crippen molar-refractivity contribution in [1.29, 1.82) is 0 Å². The number of rotatable bonds is 3. The molecule has 0 aliphatic heterocycles. The van der Waals surface area contributed by atoms with E-state index in [2.05, 4.69) is 44.2 Å². The molecular weight excluding hydrogens is 363 g/mol. The Hall–Kier alpha value is -1.89. The Labute approximate surface area is 130 Å². The molecule has 1 N–H and O–H groups in total. The summed E-state index contributed by atoms with van der Waals surface area (Å²) in [6, 6.07) is 16.1. The molecule has 0 radical (unpaired) electrons. The lowest BCUT2D eigenvalue weighted by Crippen LogP contribution is -1.99. The fourth-order valence-corrected chi connectivity index (χ4v) is 2.51. The van der Waals surface area contributed by atoms with E-state index in [1.54, 1.807) is 6.21 Å². The van der Waals surface area contributed by atoms with Gasteiger partial charge in [-0.1, -0.05) is 30.3 Å². The number of hydrogen-bond acceptors (Lipinski definition) is 3. The number of benzene rings is 2. The molecule has 0 aliphatic carbocycles. The van der Waals surface area contributed by atoms with E-state index in [1.807, 2.05) is 54.1 Å². The van der Waals surface area contributed by atoms with Crippen LogP contribution in [-0.2, 0) is 7.05 Å². The summed E-state index contributed by atoms with van der Waals surface area (Å²) in [4.78, 5) is 4.50. The van der Waals surface area contributed by atoms with Crippen LogP contribution in [0.3, 0.4) is 0 Å². The largest absolute Gasteiger partial charge is 0.312 e. The van der Waals surface area contributed by atoms with Crippen LogP contribution in [0.15, 0.2) is 53.6 Å². The summed E-state index contributed by atoms with van der Waals surface area (Å²) in [5.41, 5.74) is 6.12. The van der Waals surface area contributed by atoms with Gasteiger partial charge in [-0.2, -0.15) is 5.10 Å².